The zero-order valence-corrected chi connectivity index (χ0v) is 26.2. The van der Waals surface area contributed by atoms with Crippen LogP contribution in [0.4, 0.5) is 28.8 Å². The van der Waals surface area contributed by atoms with E-state index in [1.165, 1.54) is 12.2 Å². The number of nitrogens with one attached hydrogen (secondary N) is 3. The fraction of sp³-hybridized carbons (Fsp3) is 0.0909. The van der Waals surface area contributed by atoms with E-state index in [1.807, 2.05) is 54.6 Å². The van der Waals surface area contributed by atoms with Crippen LogP contribution in [0, 0.1) is 0 Å². The van der Waals surface area contributed by atoms with Crippen LogP contribution in [-0.2, 0) is 20.4 Å². The van der Waals surface area contributed by atoms with Crippen LogP contribution < -0.4 is 21.7 Å². The van der Waals surface area contributed by atoms with Crippen molar-refractivity contribution in [3.63, 3.8) is 0 Å². The van der Waals surface area contributed by atoms with Gasteiger partial charge in [0, 0.05) is 32.5 Å². The number of carbonyl (C=O) groups is 2. The molecule has 0 radical (unpaired) electrons. The van der Waals surface area contributed by atoms with Crippen LogP contribution in [0.1, 0.15) is 28.7 Å². The average molecular weight is 705 g/mol. The van der Waals surface area contributed by atoms with Crippen LogP contribution in [0.2, 0.25) is 5.02 Å². The highest BCUT2D eigenvalue weighted by Crippen LogP contribution is 2.34. The second-order valence-electron chi connectivity index (χ2n) is 9.37. The van der Waals surface area contributed by atoms with Crippen molar-refractivity contribution in [1.29, 1.82) is 0 Å². The molecule has 0 unspecified atom stereocenters. The van der Waals surface area contributed by atoms with E-state index in [-0.39, 0.29) is 23.6 Å². The lowest BCUT2D eigenvalue weighted by Crippen LogP contribution is -2.10. The van der Waals surface area contributed by atoms with Gasteiger partial charge in [0.05, 0.1) is 11.4 Å². The Hall–Kier alpha value is -4.48. The van der Waals surface area contributed by atoms with Crippen molar-refractivity contribution >= 4 is 86.5 Å². The highest BCUT2D eigenvalue weighted by Gasteiger charge is 2.14. The summed E-state index contributed by atoms with van der Waals surface area (Å²) in [5, 5.41) is 9.29. The summed E-state index contributed by atoms with van der Waals surface area (Å²) < 4.78 is 0.777. The molecule has 0 aliphatic rings. The number of benzene rings is 3. The molecule has 0 spiro atoms. The minimum absolute atomic E-state index is 0.257. The predicted molar refractivity (Wildman–Crippen MR) is 186 cm³/mol. The Morgan fingerprint density at radius 3 is 2.30 bits per heavy atom. The first-order valence-corrected chi connectivity index (χ1v) is 15.2. The first-order chi connectivity index (χ1) is 20.8. The first-order valence-electron chi connectivity index (χ1n) is 13.3. The number of nitrogens with zero attached hydrogens (tertiary/aromatic N) is 2. The molecule has 218 valence electrons. The number of allylic oxidation sites excluding steroid dienone is 1. The fourth-order valence-electron chi connectivity index (χ4n) is 4.30. The number of hydrogen-bond acceptors (Lipinski definition) is 6. The van der Waals surface area contributed by atoms with Crippen LogP contribution in [-0.4, -0.2) is 21.8 Å². The van der Waals surface area contributed by atoms with Crippen molar-refractivity contribution in [3.05, 3.63) is 126 Å². The third kappa shape index (κ3) is 8.52. The number of rotatable bonds is 12. The van der Waals surface area contributed by atoms with E-state index in [4.69, 9.17) is 17.3 Å². The minimum atomic E-state index is -0.330. The third-order valence-corrected chi connectivity index (χ3v) is 7.59. The number of aromatic nitrogens is 2. The highest BCUT2D eigenvalue weighted by molar-refractivity contribution is 14.1. The Bertz CT molecular complexity index is 1690. The largest absolute Gasteiger partial charge is 0.383 e. The SMILES string of the molecule is C=CC(=O)Nc1ccc(CC/C(=C\c2cnc(Nc3ccccc3NC(=O)C=C)nc2N)c2c(Cl)cccc2CI)cc1. The van der Waals surface area contributed by atoms with Crippen LogP contribution in [0.15, 0.2) is 98.2 Å². The van der Waals surface area contributed by atoms with Crippen molar-refractivity contribution < 1.29 is 9.59 Å². The van der Waals surface area contributed by atoms with E-state index in [2.05, 4.69) is 67.7 Å². The maximum Gasteiger partial charge on any atom is 0.247 e. The Labute approximate surface area is 269 Å². The number of carbonyl (C=O) groups excluding carboxylic acids is 2. The monoisotopic (exact) mass is 704 g/mol. The van der Waals surface area contributed by atoms with Crippen LogP contribution in [0.25, 0.3) is 11.6 Å². The van der Waals surface area contributed by atoms with E-state index in [0.717, 1.165) is 33.1 Å². The molecule has 3 aromatic carbocycles. The van der Waals surface area contributed by atoms with Gasteiger partial charge in [-0.25, -0.2) is 4.98 Å². The molecule has 8 nitrogen and oxygen atoms in total. The summed E-state index contributed by atoms with van der Waals surface area (Å²) in [6.07, 6.45) is 7.47. The number of nitrogen functional groups attached to an aromatic ring is 1. The molecule has 0 bridgehead atoms. The summed E-state index contributed by atoms with van der Waals surface area (Å²) in [5.41, 5.74) is 13.1. The van der Waals surface area contributed by atoms with Crippen molar-refractivity contribution in [2.75, 3.05) is 21.7 Å². The number of hydrogen-bond donors (Lipinski definition) is 4. The molecule has 2 amide bonds. The van der Waals surface area contributed by atoms with Gasteiger partial charge >= 0.3 is 0 Å². The second kappa shape index (κ2) is 15.1. The Balaban J connectivity index is 1.63. The van der Waals surface area contributed by atoms with Crippen molar-refractivity contribution in [2.24, 2.45) is 0 Å². The summed E-state index contributed by atoms with van der Waals surface area (Å²) in [6.45, 7) is 6.98. The van der Waals surface area contributed by atoms with Crippen molar-refractivity contribution in [2.45, 2.75) is 17.3 Å². The van der Waals surface area contributed by atoms with Gasteiger partial charge in [0.2, 0.25) is 17.8 Å². The normalized spacial score (nSPS) is 11.0. The summed E-state index contributed by atoms with van der Waals surface area (Å²) >= 11 is 9.08. The van der Waals surface area contributed by atoms with Gasteiger partial charge in [-0.2, -0.15) is 4.98 Å². The summed E-state index contributed by atoms with van der Waals surface area (Å²) in [4.78, 5) is 32.4. The van der Waals surface area contributed by atoms with Gasteiger partial charge in [0.1, 0.15) is 5.82 Å². The Morgan fingerprint density at radius 1 is 0.930 bits per heavy atom. The van der Waals surface area contributed by atoms with Crippen LogP contribution in [0.3, 0.4) is 0 Å². The molecule has 0 aliphatic carbocycles. The molecule has 0 atom stereocenters. The van der Waals surface area contributed by atoms with Crippen molar-refractivity contribution in [1.82, 2.24) is 9.97 Å². The van der Waals surface area contributed by atoms with Gasteiger partial charge in [0.25, 0.3) is 0 Å². The third-order valence-electron chi connectivity index (χ3n) is 6.45. The maximum absolute atomic E-state index is 11.8. The van der Waals surface area contributed by atoms with Crippen molar-refractivity contribution in [3.8, 4) is 0 Å². The molecular formula is C33H30ClIN6O2. The minimum Gasteiger partial charge on any atom is -0.383 e. The molecule has 1 heterocycles. The lowest BCUT2D eigenvalue weighted by Gasteiger charge is -2.16. The number of alkyl halides is 1. The quantitative estimate of drug-likeness (QED) is 0.0678. The van der Waals surface area contributed by atoms with Gasteiger partial charge < -0.3 is 21.7 Å². The Kier molecular flexibility index (Phi) is 11.1. The molecule has 0 aliphatic heterocycles. The summed E-state index contributed by atoms with van der Waals surface area (Å²) in [5.74, 6) is -0.0184. The predicted octanol–water partition coefficient (Wildman–Crippen LogP) is 7.81. The smallest absolute Gasteiger partial charge is 0.247 e. The van der Waals surface area contributed by atoms with Gasteiger partial charge in [-0.1, -0.05) is 83.7 Å². The fourth-order valence-corrected chi connectivity index (χ4v) is 5.26. The lowest BCUT2D eigenvalue weighted by molar-refractivity contribution is -0.112. The summed E-state index contributed by atoms with van der Waals surface area (Å²) in [7, 11) is 0. The van der Waals surface area contributed by atoms with E-state index >= 15 is 0 Å². The topological polar surface area (TPSA) is 122 Å². The van der Waals surface area contributed by atoms with Gasteiger partial charge in [-0.15, -0.1) is 0 Å². The second-order valence-corrected chi connectivity index (χ2v) is 10.5. The molecule has 4 rings (SSSR count). The molecule has 4 aromatic rings. The molecule has 0 fully saturated rings. The van der Waals surface area contributed by atoms with Crippen LogP contribution >= 0.6 is 34.2 Å². The first kappa shape index (κ1) is 31.5. The number of para-hydroxylation sites is 2. The van der Waals surface area contributed by atoms with E-state index in [1.54, 1.807) is 18.3 Å². The molecular weight excluding hydrogens is 675 g/mol. The molecule has 10 heteroatoms. The van der Waals surface area contributed by atoms with E-state index < -0.39 is 0 Å². The Morgan fingerprint density at radius 2 is 1.63 bits per heavy atom. The number of aryl methyl sites for hydroxylation is 1. The summed E-state index contributed by atoms with van der Waals surface area (Å²) in [6, 6.07) is 20.8. The molecule has 5 N–H and O–H groups in total. The average Bonchev–Trinajstić information content (AvgIpc) is 3.01. The van der Waals surface area contributed by atoms with Gasteiger partial charge in [-0.3, -0.25) is 9.59 Å². The van der Waals surface area contributed by atoms with E-state index in [0.29, 0.717) is 34.1 Å². The molecule has 43 heavy (non-hydrogen) atoms. The number of amides is 2. The zero-order chi connectivity index (χ0) is 30.8. The standard InChI is InChI=1S/C33H30ClIN6O2/c1-3-29(42)38-25-16-13-21(14-17-25)12-15-22(31-23(19-35)8-7-9-26(31)34)18-24-20-37-33(41-32(24)36)40-28-11-6-5-10-27(28)39-30(43)4-2/h3-11,13-14,16-18,20H,1-2,12,15,19H2,(H,38,42)(H,39,43)(H3,36,37,40,41)/b22-18+. The molecule has 0 saturated carbocycles. The zero-order valence-electron chi connectivity index (χ0n) is 23.2. The highest BCUT2D eigenvalue weighted by atomic mass is 127. The number of nitrogens with two attached hydrogens (primary N) is 1. The van der Waals surface area contributed by atoms with Gasteiger partial charge in [0.15, 0.2) is 0 Å². The lowest BCUT2D eigenvalue weighted by atomic mass is 9.93. The van der Waals surface area contributed by atoms with Gasteiger partial charge in [-0.05, 0) is 78.1 Å². The molecule has 1 aromatic heterocycles. The van der Waals surface area contributed by atoms with E-state index in [9.17, 15) is 9.59 Å². The number of halogens is 2. The van der Waals surface area contributed by atoms with Crippen LogP contribution in [0.5, 0.6) is 0 Å². The maximum atomic E-state index is 11.8. The number of anilines is 5. The molecule has 0 saturated heterocycles.